The highest BCUT2D eigenvalue weighted by Gasteiger charge is 2.30. The Hall–Kier alpha value is -10.8. The van der Waals surface area contributed by atoms with Gasteiger partial charge in [0.25, 0.3) is 23.3 Å². The lowest BCUT2D eigenvalue weighted by Gasteiger charge is -2.33. The number of benzene rings is 6. The summed E-state index contributed by atoms with van der Waals surface area (Å²) in [5.41, 5.74) is 11.5. The molecule has 3 saturated heterocycles. The summed E-state index contributed by atoms with van der Waals surface area (Å²) >= 11 is 0. The van der Waals surface area contributed by atoms with Gasteiger partial charge in [0.05, 0.1) is 57.5 Å². The maximum Gasteiger partial charge on any atom is 0.258 e. The van der Waals surface area contributed by atoms with E-state index >= 15 is 0 Å². The molecule has 9 heterocycles. The van der Waals surface area contributed by atoms with Crippen molar-refractivity contribution in [3.05, 3.63) is 227 Å². The fraction of sp³-hybridized carbons (Fsp3) is 0.247. The zero-order chi connectivity index (χ0) is 64.0. The molecular formula is C77H68N12O5. The third-order valence-electron chi connectivity index (χ3n) is 18.7. The van der Waals surface area contributed by atoms with Gasteiger partial charge in [-0.15, -0.1) is 0 Å². The van der Waals surface area contributed by atoms with Crippen LogP contribution in [0.4, 0.5) is 0 Å². The highest BCUT2D eigenvalue weighted by Crippen LogP contribution is 2.37. The van der Waals surface area contributed by atoms with Gasteiger partial charge in [-0.1, -0.05) is 42.5 Å². The lowest BCUT2D eigenvalue weighted by Crippen LogP contribution is -2.39. The summed E-state index contributed by atoms with van der Waals surface area (Å²) in [4.78, 5) is 101. The Kier molecular flexibility index (Phi) is 15.8. The van der Waals surface area contributed by atoms with E-state index in [1.165, 1.54) is 4.57 Å². The third-order valence-corrected chi connectivity index (χ3v) is 18.7. The molecule has 3 aliphatic rings. The molecule has 0 aliphatic carbocycles. The number of hydrogen-bond acceptors (Lipinski definition) is 13. The van der Waals surface area contributed by atoms with Crippen molar-refractivity contribution < 1.29 is 19.5 Å². The molecule has 3 fully saturated rings. The fourth-order valence-electron chi connectivity index (χ4n) is 13.9. The monoisotopic (exact) mass is 1240 g/mol. The van der Waals surface area contributed by atoms with E-state index in [-0.39, 0.29) is 41.7 Å². The molecule has 0 bridgehead atoms. The summed E-state index contributed by atoms with van der Waals surface area (Å²) in [6, 6.07) is 48.8. The molecule has 6 aromatic carbocycles. The second-order valence-electron chi connectivity index (χ2n) is 25.8. The van der Waals surface area contributed by atoms with Crippen molar-refractivity contribution >= 4 is 61.3 Å². The minimum Gasteiger partial charge on any atom is -0.389 e. The summed E-state index contributed by atoms with van der Waals surface area (Å²) in [5.74, 6) is 1.05. The van der Waals surface area contributed by atoms with Crippen LogP contribution in [0, 0.1) is 0 Å². The molecule has 3 amide bonds. The van der Waals surface area contributed by atoms with Crippen LogP contribution in [-0.4, -0.2) is 127 Å². The molecule has 94 heavy (non-hydrogen) atoms. The molecule has 17 nitrogen and oxygen atoms in total. The van der Waals surface area contributed by atoms with Crippen molar-refractivity contribution in [2.24, 2.45) is 0 Å². The topological polar surface area (TPSA) is 206 Å². The van der Waals surface area contributed by atoms with E-state index in [4.69, 9.17) is 29.9 Å². The Morgan fingerprint density at radius 3 is 1.65 bits per heavy atom. The van der Waals surface area contributed by atoms with Crippen molar-refractivity contribution in [2.45, 2.75) is 82.8 Å². The molecule has 2 atom stereocenters. The molecule has 1 N–H and O–H groups in total. The number of nitrogens with zero attached hydrogens (tertiary/aromatic N) is 12. The van der Waals surface area contributed by atoms with Gasteiger partial charge in [-0.25, -0.2) is 24.9 Å². The van der Waals surface area contributed by atoms with E-state index < -0.39 is 5.60 Å². The van der Waals surface area contributed by atoms with Gasteiger partial charge in [-0.3, -0.25) is 34.1 Å². The highest BCUT2D eigenvalue weighted by molar-refractivity contribution is 6.03. The highest BCUT2D eigenvalue weighted by atomic mass is 16.3. The average molecular weight is 1240 g/mol. The molecule has 0 radical (unpaired) electrons. The minimum absolute atomic E-state index is 0.0239. The maximum absolute atomic E-state index is 14.9. The second-order valence-corrected chi connectivity index (χ2v) is 25.8. The Morgan fingerprint density at radius 2 is 1.04 bits per heavy atom. The van der Waals surface area contributed by atoms with Crippen LogP contribution >= 0.6 is 0 Å². The predicted octanol–water partition coefficient (Wildman–Crippen LogP) is 13.4. The fourth-order valence-corrected chi connectivity index (χ4v) is 13.9. The number of aliphatic hydroxyl groups is 1. The van der Waals surface area contributed by atoms with Gasteiger partial charge in [-0.05, 0) is 185 Å². The quantitative estimate of drug-likeness (QED) is 0.121. The first-order valence-corrected chi connectivity index (χ1v) is 32.5. The smallest absolute Gasteiger partial charge is 0.258 e. The molecule has 15 rings (SSSR count). The van der Waals surface area contributed by atoms with Gasteiger partial charge in [-0.2, -0.15) is 0 Å². The summed E-state index contributed by atoms with van der Waals surface area (Å²) in [6.07, 6.45) is 17.1. The van der Waals surface area contributed by atoms with Crippen molar-refractivity contribution in [2.75, 3.05) is 39.3 Å². The number of hydrogen-bond donors (Lipinski definition) is 1. The first-order valence-electron chi connectivity index (χ1n) is 32.5. The molecule has 6 aromatic heterocycles. The van der Waals surface area contributed by atoms with Crippen LogP contribution in [-0.2, 0) is 6.54 Å². The number of pyridine rings is 3. The van der Waals surface area contributed by atoms with E-state index in [1.807, 2.05) is 136 Å². The van der Waals surface area contributed by atoms with Crippen LogP contribution < -0.4 is 5.56 Å². The number of piperidine rings is 3. The molecule has 0 saturated carbocycles. The van der Waals surface area contributed by atoms with Crippen molar-refractivity contribution in [3.63, 3.8) is 0 Å². The molecule has 3 aliphatic heterocycles. The molecule has 466 valence electrons. The number of aromatic nitrogens is 9. The van der Waals surface area contributed by atoms with Crippen LogP contribution in [0.1, 0.15) is 113 Å². The number of rotatable bonds is 12. The molecule has 17 heteroatoms. The molecule has 12 aromatic rings. The van der Waals surface area contributed by atoms with Crippen LogP contribution in [0.3, 0.4) is 0 Å². The van der Waals surface area contributed by atoms with Gasteiger partial charge < -0.3 is 24.4 Å². The lowest BCUT2D eigenvalue weighted by atomic mass is 9.89. The van der Waals surface area contributed by atoms with Gasteiger partial charge >= 0.3 is 0 Å². The first kappa shape index (κ1) is 59.5. The third kappa shape index (κ3) is 12.1. The van der Waals surface area contributed by atoms with E-state index in [9.17, 15) is 24.3 Å². The average Bonchev–Trinajstić information content (AvgIpc) is 0.816. The largest absolute Gasteiger partial charge is 0.389 e. The van der Waals surface area contributed by atoms with Crippen molar-refractivity contribution in [3.8, 4) is 56.5 Å². The van der Waals surface area contributed by atoms with E-state index in [1.54, 1.807) is 57.1 Å². The Morgan fingerprint density at radius 1 is 0.479 bits per heavy atom. The number of amides is 3. The summed E-state index contributed by atoms with van der Waals surface area (Å²) < 4.78 is 1.52. The normalized spacial score (nSPS) is 16.3. The summed E-state index contributed by atoms with van der Waals surface area (Å²) in [7, 11) is 0. The van der Waals surface area contributed by atoms with Gasteiger partial charge in [0.2, 0.25) is 0 Å². The van der Waals surface area contributed by atoms with E-state index in [0.29, 0.717) is 87.7 Å². The van der Waals surface area contributed by atoms with Gasteiger partial charge in [0.15, 0.2) is 11.6 Å². The zero-order valence-corrected chi connectivity index (χ0v) is 52.4. The molecule has 0 spiro atoms. The minimum atomic E-state index is -1.04. The predicted molar refractivity (Wildman–Crippen MR) is 365 cm³/mol. The Labute approximate surface area is 542 Å². The Balaban J connectivity index is 0.671. The molecular weight excluding hydrogens is 1170 g/mol. The van der Waals surface area contributed by atoms with Crippen LogP contribution in [0.5, 0.6) is 0 Å². The second kappa shape index (κ2) is 25.0. The number of likely N-dealkylation sites (tertiary alicyclic amines) is 3. The summed E-state index contributed by atoms with van der Waals surface area (Å²) in [5, 5.41) is 13.3. The first-order chi connectivity index (χ1) is 45.8. The molecule has 2 unspecified atom stereocenters. The zero-order valence-electron chi connectivity index (χ0n) is 52.4. The number of carbonyl (C=O) groups is 3. The van der Waals surface area contributed by atoms with Crippen LogP contribution in [0.15, 0.2) is 194 Å². The maximum atomic E-state index is 14.9. The van der Waals surface area contributed by atoms with Crippen molar-refractivity contribution in [1.29, 1.82) is 0 Å². The van der Waals surface area contributed by atoms with Crippen LogP contribution in [0.2, 0.25) is 0 Å². The SMILES string of the molecule is CC(C)(O)Cn1ccc2cc(-c3cnc4ccc(C(=O)N5CCCC(c6cccc(-c7nc(-c8ccncc8)c8ccc(C(=O)N9CCCC(c%10cccc(-c%11nc(-c%12cccnc%12)c%12ccc(C(=O)N%13CCCCC%13)cc%12n%11)c%10)C9)cc8n7)c6)C5)cc4n3)ccc2c1=O. The lowest BCUT2D eigenvalue weighted by molar-refractivity contribution is 0.0605. The number of fused-ring (bicyclic) bond motifs is 4. The van der Waals surface area contributed by atoms with E-state index in [0.717, 1.165) is 125 Å². The van der Waals surface area contributed by atoms with Crippen molar-refractivity contribution in [1.82, 2.24) is 59.1 Å². The Bertz CT molecular complexity index is 5010. The number of carbonyl (C=O) groups excluding carboxylic acids is 3. The summed E-state index contributed by atoms with van der Waals surface area (Å²) in [6.45, 7) is 7.32. The van der Waals surface area contributed by atoms with Gasteiger partial charge in [0.1, 0.15) is 0 Å². The standard InChI is InChI=1S/C77H68N12O5/c1-77(2,94)47-89-36-28-51-39-52(18-22-61(51)76(89)93)68-44-80-64-25-21-57(42-67(64)81-68)75(92)88-35-10-17-60(46-88)49-11-6-13-53(37-49)71-82-65-41-56(20-23-62(65)69(84-71)48-26-30-78-31-27-48)74(91)87-34-9-16-59(45-87)50-12-7-14-54(38-50)72-83-66-40-55(73(90)86-32-4-3-5-33-86)19-24-63(66)70(85-72)58-15-8-29-79-43-58/h6-8,11-15,18-31,36-44,59-60,94H,3-5,9-10,16-17,32-35,45-47H2,1-2H3. The van der Waals surface area contributed by atoms with E-state index in [2.05, 4.69) is 34.2 Å². The van der Waals surface area contributed by atoms with Crippen LogP contribution in [0.25, 0.3) is 100 Å². The van der Waals surface area contributed by atoms with Gasteiger partial charge in [0, 0.05) is 143 Å².